The van der Waals surface area contributed by atoms with Crippen LogP contribution in [0.5, 0.6) is 0 Å². The van der Waals surface area contributed by atoms with Gasteiger partial charge in [-0.3, -0.25) is 19.2 Å². The van der Waals surface area contributed by atoms with E-state index in [1.807, 2.05) is 49.4 Å². The van der Waals surface area contributed by atoms with Crippen LogP contribution in [0.1, 0.15) is 59.4 Å². The number of carbonyl (C=O) groups excluding carboxylic acids is 2. The number of amides is 1. The van der Waals surface area contributed by atoms with Crippen LogP contribution in [-0.2, 0) is 11.3 Å². The van der Waals surface area contributed by atoms with Crippen molar-refractivity contribution in [2.24, 2.45) is 0 Å². The van der Waals surface area contributed by atoms with Gasteiger partial charge in [-0.15, -0.1) is 0 Å². The van der Waals surface area contributed by atoms with Gasteiger partial charge < -0.3 is 10.3 Å². The standard InChI is InChI=1S/C32H32FN5O2/c1-21(23-5-3-2-4-6-23)38-20-25(18-34-38)32(40)35-27-8-10-31(39)28(17-27)30-16-24-15-22(7-9-29(24)36-30)19-37-13-11-26(33)12-14-37/h2-9,15-18,20-21,26,36H,10-14,19H2,1H3,(H,35,40)/t21-/m0/s1. The molecule has 7 nitrogen and oxygen atoms in total. The molecule has 1 saturated heterocycles. The number of likely N-dealkylation sites (tertiary alicyclic amines) is 1. The zero-order valence-electron chi connectivity index (χ0n) is 22.4. The number of fused-ring (bicyclic) bond motifs is 1. The van der Waals surface area contributed by atoms with Crippen LogP contribution in [0.3, 0.4) is 0 Å². The van der Waals surface area contributed by atoms with Crippen LogP contribution in [-0.4, -0.2) is 50.6 Å². The summed E-state index contributed by atoms with van der Waals surface area (Å²) in [5.41, 5.74) is 5.49. The molecule has 2 aliphatic rings. The van der Waals surface area contributed by atoms with Crippen molar-refractivity contribution in [3.63, 3.8) is 0 Å². The Morgan fingerprint density at radius 3 is 2.75 bits per heavy atom. The number of rotatable bonds is 7. The molecule has 0 unspecified atom stereocenters. The van der Waals surface area contributed by atoms with Crippen molar-refractivity contribution >= 4 is 28.2 Å². The van der Waals surface area contributed by atoms with E-state index in [1.54, 1.807) is 29.2 Å². The number of nitrogens with zero attached hydrogens (tertiary/aromatic N) is 3. The third-order valence-corrected chi connectivity index (χ3v) is 7.81. The number of hydrogen-bond acceptors (Lipinski definition) is 4. The molecule has 6 rings (SSSR count). The highest BCUT2D eigenvalue weighted by atomic mass is 19.1. The summed E-state index contributed by atoms with van der Waals surface area (Å²) < 4.78 is 15.3. The molecule has 2 N–H and O–H groups in total. The van der Waals surface area contributed by atoms with Crippen molar-refractivity contribution < 1.29 is 14.0 Å². The smallest absolute Gasteiger partial charge is 0.258 e. The van der Waals surface area contributed by atoms with Crippen molar-refractivity contribution in [1.29, 1.82) is 0 Å². The van der Waals surface area contributed by atoms with Gasteiger partial charge in [-0.1, -0.05) is 42.5 Å². The largest absolute Gasteiger partial charge is 0.354 e. The summed E-state index contributed by atoms with van der Waals surface area (Å²) in [4.78, 5) is 31.5. The number of H-pyrrole nitrogens is 1. The fourth-order valence-corrected chi connectivity index (χ4v) is 5.42. The quantitative estimate of drug-likeness (QED) is 0.323. The van der Waals surface area contributed by atoms with Gasteiger partial charge in [0.15, 0.2) is 5.78 Å². The van der Waals surface area contributed by atoms with E-state index in [0.717, 1.165) is 47.4 Å². The van der Waals surface area contributed by atoms with Crippen LogP contribution in [0, 0.1) is 0 Å². The maximum absolute atomic E-state index is 13.5. The molecule has 4 aromatic rings. The Balaban J connectivity index is 1.15. The molecule has 2 aromatic carbocycles. The number of nitrogens with one attached hydrogen (secondary N) is 2. The summed E-state index contributed by atoms with van der Waals surface area (Å²) in [7, 11) is 0. The first kappa shape index (κ1) is 26.0. The summed E-state index contributed by atoms with van der Waals surface area (Å²) in [6.07, 6.45) is 7.47. The number of ketones is 1. The minimum atomic E-state index is -0.683. The summed E-state index contributed by atoms with van der Waals surface area (Å²) in [6.45, 7) is 4.36. The second kappa shape index (κ2) is 11.1. The summed E-state index contributed by atoms with van der Waals surface area (Å²) >= 11 is 0. The number of alkyl halides is 1. The maximum atomic E-state index is 13.5. The highest BCUT2D eigenvalue weighted by Crippen LogP contribution is 2.27. The van der Waals surface area contributed by atoms with Crippen molar-refractivity contribution in [3.8, 4) is 0 Å². The van der Waals surface area contributed by atoms with Gasteiger partial charge in [0.05, 0.1) is 23.5 Å². The monoisotopic (exact) mass is 537 g/mol. The van der Waals surface area contributed by atoms with Gasteiger partial charge in [0.1, 0.15) is 6.17 Å². The molecule has 204 valence electrons. The summed E-state index contributed by atoms with van der Waals surface area (Å²) in [5.74, 6) is -0.288. The van der Waals surface area contributed by atoms with Crippen LogP contribution in [0.25, 0.3) is 16.5 Å². The average molecular weight is 538 g/mol. The Bertz CT molecular complexity index is 1610. The third-order valence-electron chi connectivity index (χ3n) is 7.81. The summed E-state index contributed by atoms with van der Waals surface area (Å²) in [6, 6.07) is 18.2. The van der Waals surface area contributed by atoms with E-state index in [1.165, 1.54) is 0 Å². The lowest BCUT2D eigenvalue weighted by molar-refractivity contribution is -0.113. The van der Waals surface area contributed by atoms with Gasteiger partial charge >= 0.3 is 0 Å². The number of piperidine rings is 1. The first-order chi connectivity index (χ1) is 19.4. The minimum absolute atomic E-state index is 0.00866. The van der Waals surface area contributed by atoms with Crippen molar-refractivity contribution in [3.05, 3.63) is 107 Å². The van der Waals surface area contributed by atoms with Crippen molar-refractivity contribution in [1.82, 2.24) is 25.0 Å². The first-order valence-corrected chi connectivity index (χ1v) is 13.8. The average Bonchev–Trinajstić information content (AvgIpc) is 3.63. The van der Waals surface area contributed by atoms with Gasteiger partial charge in [0.2, 0.25) is 0 Å². The number of allylic oxidation sites excluding steroid dienone is 3. The molecule has 1 amide bonds. The fourth-order valence-electron chi connectivity index (χ4n) is 5.42. The second-order valence-corrected chi connectivity index (χ2v) is 10.6. The van der Waals surface area contributed by atoms with E-state index in [9.17, 15) is 14.0 Å². The highest BCUT2D eigenvalue weighted by Gasteiger charge is 2.21. The van der Waals surface area contributed by atoms with E-state index >= 15 is 0 Å². The van der Waals surface area contributed by atoms with Crippen LogP contribution < -0.4 is 5.32 Å². The van der Waals surface area contributed by atoms with E-state index in [4.69, 9.17) is 0 Å². The molecule has 8 heteroatoms. The van der Waals surface area contributed by atoms with Crippen LogP contribution >= 0.6 is 0 Å². The molecule has 1 atom stereocenters. The zero-order chi connectivity index (χ0) is 27.6. The van der Waals surface area contributed by atoms with Gasteiger partial charge in [0, 0.05) is 54.4 Å². The molecule has 0 radical (unpaired) electrons. The Kier molecular flexibility index (Phi) is 7.17. The molecule has 0 bridgehead atoms. The van der Waals surface area contributed by atoms with Crippen LogP contribution in [0.15, 0.2) is 84.8 Å². The number of hydrogen-bond donors (Lipinski definition) is 2. The first-order valence-electron chi connectivity index (χ1n) is 13.8. The second-order valence-electron chi connectivity index (χ2n) is 10.6. The Labute approximate surface area is 232 Å². The molecular weight excluding hydrogens is 505 g/mol. The topological polar surface area (TPSA) is 83.0 Å². The molecule has 1 aliphatic heterocycles. The molecule has 40 heavy (non-hydrogen) atoms. The van der Waals surface area contributed by atoms with E-state index in [2.05, 4.69) is 32.4 Å². The number of Topliss-reactive ketones (excluding diaryl/α,β-unsaturated/α-hetero) is 1. The van der Waals surface area contributed by atoms with Crippen LogP contribution in [0.4, 0.5) is 4.39 Å². The lowest BCUT2D eigenvalue weighted by Crippen LogP contribution is -2.33. The fraction of sp³-hybridized carbons (Fsp3) is 0.281. The van der Waals surface area contributed by atoms with Gasteiger partial charge in [-0.05, 0) is 55.2 Å². The van der Waals surface area contributed by atoms with Gasteiger partial charge in [-0.2, -0.15) is 5.10 Å². The number of aromatic amines is 1. The predicted octanol–water partition coefficient (Wildman–Crippen LogP) is 5.58. The molecule has 3 heterocycles. The lowest BCUT2D eigenvalue weighted by atomic mass is 9.98. The molecule has 1 aliphatic carbocycles. The highest BCUT2D eigenvalue weighted by molar-refractivity contribution is 6.23. The number of halogens is 1. The molecule has 2 aromatic heterocycles. The molecule has 1 fully saturated rings. The minimum Gasteiger partial charge on any atom is -0.354 e. The number of aromatic nitrogens is 3. The Morgan fingerprint density at radius 2 is 1.95 bits per heavy atom. The molecule has 0 saturated carbocycles. The van der Waals surface area contributed by atoms with Gasteiger partial charge in [0.25, 0.3) is 5.91 Å². The lowest BCUT2D eigenvalue weighted by Gasteiger charge is -2.28. The number of carbonyl (C=O) groups is 2. The normalized spacial score (nSPS) is 17.5. The third kappa shape index (κ3) is 5.53. The predicted molar refractivity (Wildman–Crippen MR) is 153 cm³/mol. The number of benzene rings is 2. The Morgan fingerprint density at radius 1 is 1.15 bits per heavy atom. The van der Waals surface area contributed by atoms with Crippen molar-refractivity contribution in [2.75, 3.05) is 13.1 Å². The zero-order valence-corrected chi connectivity index (χ0v) is 22.4. The molecule has 0 spiro atoms. The van der Waals surface area contributed by atoms with Gasteiger partial charge in [-0.25, -0.2) is 4.39 Å². The SMILES string of the molecule is C[C@@H](c1ccccc1)n1cc(C(=O)NC2=CCC(=O)C(c3cc4cc(CN5CCC(F)CC5)ccc4[nH]3)=C2)cn1. The van der Waals surface area contributed by atoms with E-state index < -0.39 is 6.17 Å². The Hall–Kier alpha value is -4.30. The van der Waals surface area contributed by atoms with Crippen LogP contribution in [0.2, 0.25) is 0 Å². The summed E-state index contributed by atoms with van der Waals surface area (Å²) in [5, 5.41) is 8.34. The van der Waals surface area contributed by atoms with Crippen molar-refractivity contribution in [2.45, 2.75) is 44.9 Å². The molecular formula is C32H32FN5O2. The van der Waals surface area contributed by atoms with E-state index in [-0.39, 0.29) is 24.2 Å². The maximum Gasteiger partial charge on any atom is 0.258 e. The van der Waals surface area contributed by atoms with E-state index in [0.29, 0.717) is 29.7 Å².